The van der Waals surface area contributed by atoms with E-state index in [1.165, 1.54) is 110 Å². The Kier molecular flexibility index (Phi) is 15.9. The minimum absolute atomic E-state index is 1.11. The van der Waals surface area contributed by atoms with Crippen molar-refractivity contribution in [3.63, 3.8) is 0 Å². The van der Waals surface area contributed by atoms with Gasteiger partial charge in [-0.15, -0.1) is 0 Å². The normalized spacial score (nSPS) is 19.4. The summed E-state index contributed by atoms with van der Waals surface area (Å²) in [7, 11) is 0. The van der Waals surface area contributed by atoms with Crippen LogP contribution in [0.5, 0.6) is 0 Å². The molecule has 0 heterocycles. The van der Waals surface area contributed by atoms with Crippen LogP contribution in [-0.2, 0) is 0 Å². The second-order valence-electron chi connectivity index (χ2n) is 8.33. The van der Waals surface area contributed by atoms with Gasteiger partial charge >= 0.3 is 0 Å². The molecule has 0 aliphatic heterocycles. The first-order chi connectivity index (χ1) is 12.4. The molecule has 150 valence electrons. The maximum absolute atomic E-state index is 3.60. The van der Waals surface area contributed by atoms with E-state index in [9.17, 15) is 0 Å². The second-order valence-corrected chi connectivity index (χ2v) is 8.33. The summed E-state index contributed by atoms with van der Waals surface area (Å²) in [5.41, 5.74) is 0. The molecular formula is C23H48N2. The lowest BCUT2D eigenvalue weighted by Crippen LogP contribution is -2.16. The largest absolute Gasteiger partial charge is 0.317 e. The molecule has 2 nitrogen and oxygen atoms in total. The van der Waals surface area contributed by atoms with E-state index >= 15 is 0 Å². The van der Waals surface area contributed by atoms with Gasteiger partial charge in [-0.2, -0.15) is 0 Å². The van der Waals surface area contributed by atoms with E-state index in [0.717, 1.165) is 18.4 Å². The van der Waals surface area contributed by atoms with Gasteiger partial charge < -0.3 is 10.6 Å². The Morgan fingerprint density at radius 1 is 0.560 bits per heavy atom. The predicted octanol–water partition coefficient (Wildman–Crippen LogP) is 6.30. The maximum atomic E-state index is 3.60. The minimum atomic E-state index is 1.11. The third kappa shape index (κ3) is 14.7. The molecule has 1 fully saturated rings. The molecule has 2 N–H and O–H groups in total. The Labute approximate surface area is 159 Å². The summed E-state index contributed by atoms with van der Waals surface area (Å²) in [4.78, 5) is 0. The molecule has 0 aromatic carbocycles. The fourth-order valence-corrected chi connectivity index (χ4v) is 4.02. The Bertz CT molecular complexity index is 267. The van der Waals surface area contributed by atoms with Crippen molar-refractivity contribution in [1.29, 1.82) is 0 Å². The molecule has 0 radical (unpaired) electrons. The van der Waals surface area contributed by atoms with E-state index < -0.39 is 0 Å². The first-order valence-corrected chi connectivity index (χ1v) is 11.8. The highest BCUT2D eigenvalue weighted by molar-refractivity contribution is 4.85. The zero-order valence-electron chi connectivity index (χ0n) is 17.6. The van der Waals surface area contributed by atoms with E-state index in [4.69, 9.17) is 0 Å². The Morgan fingerprint density at radius 3 is 1.56 bits per heavy atom. The van der Waals surface area contributed by atoms with Gasteiger partial charge in [0, 0.05) is 0 Å². The lowest BCUT2D eigenvalue weighted by Gasteiger charge is -2.05. The second kappa shape index (κ2) is 17.3. The number of hydrogen-bond acceptors (Lipinski definition) is 2. The van der Waals surface area contributed by atoms with Crippen molar-refractivity contribution in [1.82, 2.24) is 10.6 Å². The van der Waals surface area contributed by atoms with Crippen molar-refractivity contribution in [2.75, 3.05) is 26.2 Å². The first kappa shape index (κ1) is 23.0. The smallest absolute Gasteiger partial charge is 0.00489 e. The van der Waals surface area contributed by atoms with Crippen LogP contribution in [0.15, 0.2) is 0 Å². The highest BCUT2D eigenvalue weighted by Crippen LogP contribution is 2.45. The van der Waals surface area contributed by atoms with Crippen LogP contribution in [0.25, 0.3) is 0 Å². The summed E-state index contributed by atoms with van der Waals surface area (Å²) in [5, 5.41) is 7.02. The lowest BCUT2D eigenvalue weighted by atomic mass is 10.1. The van der Waals surface area contributed by atoms with Gasteiger partial charge in [-0.25, -0.2) is 0 Å². The highest BCUT2D eigenvalue weighted by atomic mass is 14.8. The molecule has 1 aliphatic carbocycles. The average molecular weight is 353 g/mol. The maximum Gasteiger partial charge on any atom is -0.00489 e. The van der Waals surface area contributed by atoms with Gasteiger partial charge in [0.1, 0.15) is 0 Å². The minimum Gasteiger partial charge on any atom is -0.317 e. The molecule has 0 spiro atoms. The van der Waals surface area contributed by atoms with Gasteiger partial charge in [0.15, 0.2) is 0 Å². The highest BCUT2D eigenvalue weighted by Gasteiger charge is 2.34. The summed E-state index contributed by atoms with van der Waals surface area (Å²) in [6.07, 6.45) is 21.6. The molecule has 2 atom stereocenters. The summed E-state index contributed by atoms with van der Waals surface area (Å²) in [5.74, 6) is 2.22. The van der Waals surface area contributed by atoms with Crippen LogP contribution in [0.4, 0.5) is 0 Å². The van der Waals surface area contributed by atoms with E-state index in [1.807, 2.05) is 0 Å². The van der Waals surface area contributed by atoms with Crippen LogP contribution in [0.1, 0.15) is 110 Å². The van der Waals surface area contributed by atoms with Gasteiger partial charge in [0.25, 0.3) is 0 Å². The SMILES string of the molecule is CCCCCCNCCCCCC[C@@H]1C[C@@H]1CCCCCCNCC. The van der Waals surface area contributed by atoms with E-state index in [0.29, 0.717) is 0 Å². The molecule has 1 rings (SSSR count). The van der Waals surface area contributed by atoms with Crippen LogP contribution in [-0.4, -0.2) is 26.2 Å². The number of unbranched alkanes of at least 4 members (excludes halogenated alkanes) is 9. The summed E-state index contributed by atoms with van der Waals surface area (Å²) in [6.45, 7) is 9.30. The molecule has 1 saturated carbocycles. The molecule has 0 amide bonds. The van der Waals surface area contributed by atoms with Crippen LogP contribution in [0.3, 0.4) is 0 Å². The van der Waals surface area contributed by atoms with E-state index in [-0.39, 0.29) is 0 Å². The molecule has 0 unspecified atom stereocenters. The molecular weight excluding hydrogens is 304 g/mol. The molecule has 0 aromatic rings. The number of rotatable bonds is 20. The molecule has 0 bridgehead atoms. The zero-order valence-corrected chi connectivity index (χ0v) is 17.6. The Morgan fingerprint density at radius 2 is 1.04 bits per heavy atom. The number of hydrogen-bond donors (Lipinski definition) is 2. The Hall–Kier alpha value is -0.0800. The van der Waals surface area contributed by atoms with Crippen LogP contribution in [0, 0.1) is 11.8 Å². The lowest BCUT2D eigenvalue weighted by molar-refractivity contribution is 0.512. The van der Waals surface area contributed by atoms with Crippen molar-refractivity contribution in [2.45, 2.75) is 110 Å². The first-order valence-electron chi connectivity index (χ1n) is 11.8. The number of nitrogens with one attached hydrogen (secondary N) is 2. The van der Waals surface area contributed by atoms with Gasteiger partial charge in [-0.3, -0.25) is 0 Å². The molecule has 0 aromatic heterocycles. The monoisotopic (exact) mass is 352 g/mol. The third-order valence-electron chi connectivity index (χ3n) is 5.88. The summed E-state index contributed by atoms with van der Waals surface area (Å²) in [6, 6.07) is 0. The Balaban J connectivity index is 1.71. The van der Waals surface area contributed by atoms with Gasteiger partial charge in [0.05, 0.1) is 0 Å². The van der Waals surface area contributed by atoms with Crippen molar-refractivity contribution >= 4 is 0 Å². The molecule has 0 saturated heterocycles. The van der Waals surface area contributed by atoms with Crippen molar-refractivity contribution in [3.05, 3.63) is 0 Å². The molecule has 1 aliphatic rings. The van der Waals surface area contributed by atoms with Gasteiger partial charge in [0.2, 0.25) is 0 Å². The van der Waals surface area contributed by atoms with Crippen LogP contribution >= 0.6 is 0 Å². The molecule has 25 heavy (non-hydrogen) atoms. The quantitative estimate of drug-likeness (QED) is 0.251. The summed E-state index contributed by atoms with van der Waals surface area (Å²) < 4.78 is 0. The third-order valence-corrected chi connectivity index (χ3v) is 5.88. The van der Waals surface area contributed by atoms with Crippen molar-refractivity contribution < 1.29 is 0 Å². The standard InChI is InChI=1S/C23H48N2/c1-3-5-6-13-19-25-20-15-10-8-12-17-23-21-22(23)16-11-7-9-14-18-24-4-2/h22-25H,3-21H2,1-2H3/t22-,23+/m0/s1. The fraction of sp³-hybridized carbons (Fsp3) is 1.00. The average Bonchev–Trinajstić information content (AvgIpc) is 3.37. The predicted molar refractivity (Wildman–Crippen MR) is 113 cm³/mol. The molecule has 2 heteroatoms. The van der Waals surface area contributed by atoms with Crippen LogP contribution in [0.2, 0.25) is 0 Å². The van der Waals surface area contributed by atoms with Gasteiger partial charge in [-0.1, -0.05) is 84.5 Å². The van der Waals surface area contributed by atoms with Crippen molar-refractivity contribution in [3.8, 4) is 0 Å². The van der Waals surface area contributed by atoms with Gasteiger partial charge in [-0.05, 0) is 63.7 Å². The topological polar surface area (TPSA) is 24.1 Å². The van der Waals surface area contributed by atoms with E-state index in [2.05, 4.69) is 24.5 Å². The summed E-state index contributed by atoms with van der Waals surface area (Å²) >= 11 is 0. The van der Waals surface area contributed by atoms with E-state index in [1.54, 1.807) is 6.42 Å². The van der Waals surface area contributed by atoms with Crippen molar-refractivity contribution in [2.24, 2.45) is 11.8 Å². The zero-order chi connectivity index (χ0) is 18.0. The van der Waals surface area contributed by atoms with Crippen LogP contribution < -0.4 is 10.6 Å². The fourth-order valence-electron chi connectivity index (χ4n) is 4.02.